The van der Waals surface area contributed by atoms with Crippen molar-refractivity contribution in [1.82, 2.24) is 0 Å². The Kier molecular flexibility index (Phi) is 3.67. The van der Waals surface area contributed by atoms with Crippen LogP contribution in [0.1, 0.15) is 12.5 Å². The minimum absolute atomic E-state index is 0.145. The van der Waals surface area contributed by atoms with Crippen molar-refractivity contribution in [1.29, 1.82) is 0 Å². The lowest BCUT2D eigenvalue weighted by Gasteiger charge is -2.04. The first kappa shape index (κ1) is 12.2. The van der Waals surface area contributed by atoms with Gasteiger partial charge in [0.2, 0.25) is 0 Å². The Labute approximate surface area is 104 Å². The van der Waals surface area contributed by atoms with Gasteiger partial charge in [-0.15, -0.1) is 0 Å². The van der Waals surface area contributed by atoms with Crippen LogP contribution in [0.4, 0.5) is 14.5 Å². The van der Waals surface area contributed by atoms with Gasteiger partial charge in [-0.2, -0.15) is 5.10 Å². The van der Waals surface area contributed by atoms with Crippen molar-refractivity contribution in [3.05, 3.63) is 65.7 Å². The molecule has 0 atom stereocenters. The third-order valence-corrected chi connectivity index (χ3v) is 2.47. The fraction of sp³-hybridized carbons (Fsp3) is 0.0714. The van der Waals surface area contributed by atoms with E-state index < -0.39 is 11.6 Å². The summed E-state index contributed by atoms with van der Waals surface area (Å²) in [4.78, 5) is 0. The van der Waals surface area contributed by atoms with E-state index in [2.05, 4.69) is 10.5 Å². The van der Waals surface area contributed by atoms with E-state index in [4.69, 9.17) is 0 Å². The van der Waals surface area contributed by atoms with Crippen molar-refractivity contribution in [2.75, 3.05) is 5.43 Å². The molecule has 0 aliphatic rings. The summed E-state index contributed by atoms with van der Waals surface area (Å²) in [5, 5.41) is 4.06. The molecular formula is C14H12F2N2. The average molecular weight is 246 g/mol. The molecule has 2 aromatic carbocycles. The zero-order chi connectivity index (χ0) is 13.0. The lowest BCUT2D eigenvalue weighted by atomic mass is 10.1. The third kappa shape index (κ3) is 2.91. The van der Waals surface area contributed by atoms with Crippen LogP contribution in [0.15, 0.2) is 53.6 Å². The zero-order valence-corrected chi connectivity index (χ0v) is 9.82. The van der Waals surface area contributed by atoms with Crippen LogP contribution in [0.3, 0.4) is 0 Å². The molecule has 0 spiro atoms. The van der Waals surface area contributed by atoms with Crippen LogP contribution in [0, 0.1) is 11.6 Å². The maximum Gasteiger partial charge on any atom is 0.151 e. The number of hydrogen-bond donors (Lipinski definition) is 1. The summed E-state index contributed by atoms with van der Waals surface area (Å²) >= 11 is 0. The van der Waals surface area contributed by atoms with Crippen molar-refractivity contribution < 1.29 is 8.78 Å². The van der Waals surface area contributed by atoms with E-state index in [1.807, 2.05) is 37.3 Å². The van der Waals surface area contributed by atoms with Gasteiger partial charge in [-0.1, -0.05) is 30.3 Å². The van der Waals surface area contributed by atoms with Crippen molar-refractivity contribution in [2.24, 2.45) is 5.10 Å². The number of nitrogens with zero attached hydrogens (tertiary/aromatic N) is 1. The van der Waals surface area contributed by atoms with Crippen molar-refractivity contribution in [2.45, 2.75) is 6.92 Å². The molecule has 0 amide bonds. The van der Waals surface area contributed by atoms with Crippen LogP contribution in [0.2, 0.25) is 0 Å². The van der Waals surface area contributed by atoms with Gasteiger partial charge in [-0.25, -0.2) is 8.78 Å². The Morgan fingerprint density at radius 3 is 2.44 bits per heavy atom. The predicted molar refractivity (Wildman–Crippen MR) is 68.6 cm³/mol. The summed E-state index contributed by atoms with van der Waals surface area (Å²) in [7, 11) is 0. The van der Waals surface area contributed by atoms with E-state index in [0.29, 0.717) is 0 Å². The summed E-state index contributed by atoms with van der Waals surface area (Å²) in [5.41, 5.74) is 4.39. The Morgan fingerprint density at radius 1 is 1.06 bits per heavy atom. The SMILES string of the molecule is C/C(=N/Nc1ccc(F)cc1F)c1ccccc1. The summed E-state index contributed by atoms with van der Waals surface area (Å²) in [6.07, 6.45) is 0. The third-order valence-electron chi connectivity index (χ3n) is 2.47. The van der Waals surface area contributed by atoms with Gasteiger partial charge in [0.1, 0.15) is 5.82 Å². The molecule has 0 saturated carbocycles. The molecule has 1 N–H and O–H groups in total. The Bertz CT molecular complexity index is 565. The number of halogens is 2. The maximum atomic E-state index is 13.3. The van der Waals surface area contributed by atoms with Crippen LogP contribution in [0.25, 0.3) is 0 Å². The minimum atomic E-state index is -0.667. The quantitative estimate of drug-likeness (QED) is 0.646. The van der Waals surface area contributed by atoms with E-state index in [0.717, 1.165) is 17.3 Å². The van der Waals surface area contributed by atoms with Crippen molar-refractivity contribution in [3.8, 4) is 0 Å². The molecule has 0 aromatic heterocycles. The van der Waals surface area contributed by atoms with E-state index in [1.165, 1.54) is 12.1 Å². The first-order valence-corrected chi connectivity index (χ1v) is 5.47. The van der Waals surface area contributed by atoms with Crippen LogP contribution in [-0.2, 0) is 0 Å². The second-order valence-corrected chi connectivity index (χ2v) is 3.80. The number of rotatable bonds is 3. The molecule has 0 aliphatic heterocycles. The fourth-order valence-electron chi connectivity index (χ4n) is 1.47. The summed E-state index contributed by atoms with van der Waals surface area (Å²) in [6, 6.07) is 12.8. The molecular weight excluding hydrogens is 234 g/mol. The molecule has 2 aromatic rings. The van der Waals surface area contributed by atoms with Gasteiger partial charge in [-0.3, -0.25) is 5.43 Å². The first-order valence-electron chi connectivity index (χ1n) is 5.47. The van der Waals surface area contributed by atoms with Crippen LogP contribution in [-0.4, -0.2) is 5.71 Å². The number of benzene rings is 2. The molecule has 0 heterocycles. The number of anilines is 1. The van der Waals surface area contributed by atoms with Gasteiger partial charge in [0.05, 0.1) is 11.4 Å². The minimum Gasteiger partial charge on any atom is -0.275 e. The van der Waals surface area contributed by atoms with Gasteiger partial charge in [0.15, 0.2) is 5.82 Å². The summed E-state index contributed by atoms with van der Waals surface area (Å²) in [6.45, 7) is 1.81. The largest absolute Gasteiger partial charge is 0.275 e. The molecule has 4 heteroatoms. The lowest BCUT2D eigenvalue weighted by Crippen LogP contribution is -2.00. The van der Waals surface area contributed by atoms with Gasteiger partial charge < -0.3 is 0 Å². The summed E-state index contributed by atoms with van der Waals surface area (Å²) < 4.78 is 26.0. The normalized spacial score (nSPS) is 11.4. The van der Waals surface area contributed by atoms with Gasteiger partial charge in [-0.05, 0) is 24.6 Å². The fourth-order valence-corrected chi connectivity index (χ4v) is 1.47. The van der Waals surface area contributed by atoms with Gasteiger partial charge in [0.25, 0.3) is 0 Å². The highest BCUT2D eigenvalue weighted by Gasteiger charge is 2.02. The lowest BCUT2D eigenvalue weighted by molar-refractivity contribution is 0.585. The van der Waals surface area contributed by atoms with E-state index in [-0.39, 0.29) is 5.69 Å². The second-order valence-electron chi connectivity index (χ2n) is 3.80. The van der Waals surface area contributed by atoms with Crippen molar-refractivity contribution >= 4 is 11.4 Å². The number of hydrazone groups is 1. The zero-order valence-electron chi connectivity index (χ0n) is 9.82. The van der Waals surface area contributed by atoms with Crippen molar-refractivity contribution in [3.63, 3.8) is 0 Å². The predicted octanol–water partition coefficient (Wildman–Crippen LogP) is 3.80. The highest BCUT2D eigenvalue weighted by molar-refractivity contribution is 5.99. The molecule has 2 rings (SSSR count). The Morgan fingerprint density at radius 2 is 1.78 bits per heavy atom. The number of nitrogens with one attached hydrogen (secondary N) is 1. The topological polar surface area (TPSA) is 24.4 Å². The number of hydrogen-bond acceptors (Lipinski definition) is 2. The Hall–Kier alpha value is -2.23. The standard InChI is InChI=1S/C14H12F2N2/c1-10(11-5-3-2-4-6-11)17-18-14-8-7-12(15)9-13(14)16/h2-9,18H,1H3/b17-10-. The van der Waals surface area contributed by atoms with Gasteiger partial charge >= 0.3 is 0 Å². The first-order chi connectivity index (χ1) is 8.66. The molecule has 0 bridgehead atoms. The van der Waals surface area contributed by atoms with Crippen LogP contribution in [0.5, 0.6) is 0 Å². The smallest absolute Gasteiger partial charge is 0.151 e. The molecule has 0 radical (unpaired) electrons. The summed E-state index contributed by atoms with van der Waals surface area (Å²) in [5.74, 6) is -1.28. The highest BCUT2D eigenvalue weighted by Crippen LogP contribution is 2.15. The monoisotopic (exact) mass is 246 g/mol. The molecule has 92 valence electrons. The molecule has 0 unspecified atom stereocenters. The van der Waals surface area contributed by atoms with E-state index >= 15 is 0 Å². The molecule has 0 fully saturated rings. The maximum absolute atomic E-state index is 13.3. The molecule has 0 aliphatic carbocycles. The van der Waals surface area contributed by atoms with E-state index in [9.17, 15) is 8.78 Å². The van der Waals surface area contributed by atoms with Crippen LogP contribution >= 0.6 is 0 Å². The highest BCUT2D eigenvalue weighted by atomic mass is 19.1. The molecule has 0 saturated heterocycles. The van der Waals surface area contributed by atoms with Crippen LogP contribution < -0.4 is 5.43 Å². The second kappa shape index (κ2) is 5.40. The molecule has 2 nitrogen and oxygen atoms in total. The average Bonchev–Trinajstić information content (AvgIpc) is 2.38. The molecule has 18 heavy (non-hydrogen) atoms. The van der Waals surface area contributed by atoms with Gasteiger partial charge in [0, 0.05) is 6.07 Å². The van der Waals surface area contributed by atoms with E-state index in [1.54, 1.807) is 0 Å². The Balaban J connectivity index is 2.15.